The molecule has 1 saturated heterocycles. The number of nitrogens with one attached hydrogen (secondary N) is 1. The molecule has 1 atom stereocenters. The van der Waals surface area contributed by atoms with Gasteiger partial charge < -0.3 is 5.73 Å². The van der Waals surface area contributed by atoms with E-state index < -0.39 is 15.7 Å². The van der Waals surface area contributed by atoms with Crippen molar-refractivity contribution in [3.63, 3.8) is 0 Å². The molecule has 5 nitrogen and oxygen atoms in total. The van der Waals surface area contributed by atoms with Gasteiger partial charge in [-0.25, -0.2) is 4.72 Å². The summed E-state index contributed by atoms with van der Waals surface area (Å²) in [5.74, 6) is 0.441. The van der Waals surface area contributed by atoms with E-state index in [0.717, 1.165) is 12.8 Å². The molecular weight excluding hydrogens is 226 g/mol. The first-order valence-electron chi connectivity index (χ1n) is 5.74. The summed E-state index contributed by atoms with van der Waals surface area (Å²) in [6, 6.07) is 0. The molecule has 0 aliphatic carbocycles. The summed E-state index contributed by atoms with van der Waals surface area (Å²) in [6.45, 7) is 7.17. The smallest absolute Gasteiger partial charge is 0.279 e. The van der Waals surface area contributed by atoms with Crippen LogP contribution in [0.4, 0.5) is 0 Å². The lowest BCUT2D eigenvalue weighted by Gasteiger charge is -2.31. The van der Waals surface area contributed by atoms with Crippen molar-refractivity contribution in [3.05, 3.63) is 0 Å². The predicted octanol–water partition coefficient (Wildman–Crippen LogP) is 0.290. The van der Waals surface area contributed by atoms with E-state index in [1.54, 1.807) is 13.8 Å². The second-order valence-corrected chi connectivity index (χ2v) is 7.18. The van der Waals surface area contributed by atoms with Gasteiger partial charge in [0.15, 0.2) is 0 Å². The Balaban J connectivity index is 2.56. The maximum atomic E-state index is 11.9. The average molecular weight is 249 g/mol. The fourth-order valence-electron chi connectivity index (χ4n) is 1.73. The summed E-state index contributed by atoms with van der Waals surface area (Å²) in [5.41, 5.74) is 5.23. The molecule has 0 radical (unpaired) electrons. The highest BCUT2D eigenvalue weighted by molar-refractivity contribution is 7.87. The van der Waals surface area contributed by atoms with Crippen LogP contribution < -0.4 is 10.5 Å². The molecule has 1 rings (SSSR count). The highest BCUT2D eigenvalue weighted by atomic mass is 32.2. The third kappa shape index (κ3) is 4.37. The zero-order valence-corrected chi connectivity index (χ0v) is 11.2. The minimum absolute atomic E-state index is 0.264. The summed E-state index contributed by atoms with van der Waals surface area (Å²) < 4.78 is 28.0. The van der Waals surface area contributed by atoms with Crippen molar-refractivity contribution < 1.29 is 8.42 Å². The van der Waals surface area contributed by atoms with Crippen molar-refractivity contribution in [2.45, 2.75) is 39.2 Å². The molecule has 0 bridgehead atoms. The quantitative estimate of drug-likeness (QED) is 0.752. The standard InChI is InChI=1S/C10H23N3O2S/c1-9-5-4-6-13(7-9)16(14,15)12-8-10(2,3)11/h9,12H,4-8,11H2,1-3H3. The first kappa shape index (κ1) is 13.9. The second-order valence-electron chi connectivity index (χ2n) is 5.42. The van der Waals surface area contributed by atoms with E-state index in [4.69, 9.17) is 5.73 Å². The Hall–Kier alpha value is -0.170. The molecular formula is C10H23N3O2S. The summed E-state index contributed by atoms with van der Waals surface area (Å²) in [4.78, 5) is 0. The van der Waals surface area contributed by atoms with Crippen LogP contribution in [0.25, 0.3) is 0 Å². The Kier molecular flexibility index (Phi) is 4.34. The van der Waals surface area contributed by atoms with E-state index in [1.165, 1.54) is 4.31 Å². The highest BCUT2D eigenvalue weighted by Crippen LogP contribution is 2.17. The maximum absolute atomic E-state index is 11.9. The first-order chi connectivity index (χ1) is 7.21. The molecule has 0 amide bonds. The van der Waals surface area contributed by atoms with Crippen molar-refractivity contribution in [1.29, 1.82) is 0 Å². The summed E-state index contributed by atoms with van der Waals surface area (Å²) >= 11 is 0. The molecule has 16 heavy (non-hydrogen) atoms. The lowest BCUT2D eigenvalue weighted by atomic mass is 10.0. The van der Waals surface area contributed by atoms with Crippen molar-refractivity contribution >= 4 is 10.2 Å². The Morgan fingerprint density at radius 2 is 2.12 bits per heavy atom. The average Bonchev–Trinajstić information content (AvgIpc) is 2.14. The van der Waals surface area contributed by atoms with Gasteiger partial charge in [0, 0.05) is 25.2 Å². The fourth-order valence-corrected chi connectivity index (χ4v) is 3.29. The molecule has 1 aliphatic heterocycles. The van der Waals surface area contributed by atoms with Gasteiger partial charge in [-0.3, -0.25) is 0 Å². The van der Waals surface area contributed by atoms with Gasteiger partial charge in [0.25, 0.3) is 10.2 Å². The fraction of sp³-hybridized carbons (Fsp3) is 1.00. The van der Waals surface area contributed by atoms with Gasteiger partial charge in [-0.1, -0.05) is 6.92 Å². The summed E-state index contributed by atoms with van der Waals surface area (Å²) in [5, 5.41) is 0. The van der Waals surface area contributed by atoms with Crippen LogP contribution in [0.3, 0.4) is 0 Å². The molecule has 1 unspecified atom stereocenters. The Morgan fingerprint density at radius 3 is 2.62 bits per heavy atom. The van der Waals surface area contributed by atoms with Gasteiger partial charge in [0.1, 0.15) is 0 Å². The molecule has 6 heteroatoms. The molecule has 3 N–H and O–H groups in total. The van der Waals surface area contributed by atoms with Crippen molar-refractivity contribution in [2.24, 2.45) is 11.7 Å². The van der Waals surface area contributed by atoms with Gasteiger partial charge in [0.05, 0.1) is 0 Å². The van der Waals surface area contributed by atoms with Gasteiger partial charge in [-0.2, -0.15) is 12.7 Å². The number of piperidine rings is 1. The Morgan fingerprint density at radius 1 is 1.50 bits per heavy atom. The van der Waals surface area contributed by atoms with E-state index in [0.29, 0.717) is 19.0 Å². The molecule has 0 spiro atoms. The SMILES string of the molecule is CC1CCCN(S(=O)(=O)NCC(C)(C)N)C1. The number of rotatable bonds is 4. The zero-order valence-electron chi connectivity index (χ0n) is 10.4. The van der Waals surface area contributed by atoms with Crippen LogP contribution in [0, 0.1) is 5.92 Å². The molecule has 1 fully saturated rings. The normalized spacial score (nSPS) is 24.6. The minimum Gasteiger partial charge on any atom is -0.324 e. The molecule has 1 aliphatic rings. The Bertz CT molecular complexity index is 321. The Labute approximate surface area is 98.6 Å². The van der Waals surface area contributed by atoms with Gasteiger partial charge in [-0.15, -0.1) is 0 Å². The molecule has 96 valence electrons. The minimum atomic E-state index is -3.35. The summed E-state index contributed by atoms with van der Waals surface area (Å²) in [6.07, 6.45) is 2.04. The number of hydrogen-bond acceptors (Lipinski definition) is 3. The van der Waals surface area contributed by atoms with E-state index in [9.17, 15) is 8.42 Å². The van der Waals surface area contributed by atoms with Crippen LogP contribution >= 0.6 is 0 Å². The highest BCUT2D eigenvalue weighted by Gasteiger charge is 2.27. The van der Waals surface area contributed by atoms with Crippen LogP contribution in [-0.2, 0) is 10.2 Å². The van der Waals surface area contributed by atoms with Crippen molar-refractivity contribution in [3.8, 4) is 0 Å². The lowest BCUT2D eigenvalue weighted by molar-refractivity contribution is 0.277. The largest absolute Gasteiger partial charge is 0.324 e. The van der Waals surface area contributed by atoms with Gasteiger partial charge in [-0.05, 0) is 32.6 Å². The summed E-state index contributed by atoms with van der Waals surface area (Å²) in [7, 11) is -3.35. The van der Waals surface area contributed by atoms with Gasteiger partial charge >= 0.3 is 0 Å². The number of hydrogen-bond donors (Lipinski definition) is 2. The molecule has 0 aromatic carbocycles. The third-order valence-corrected chi connectivity index (χ3v) is 4.19. The number of nitrogens with zero attached hydrogens (tertiary/aromatic N) is 1. The van der Waals surface area contributed by atoms with Crippen LogP contribution in [0.2, 0.25) is 0 Å². The van der Waals surface area contributed by atoms with E-state index in [-0.39, 0.29) is 6.54 Å². The number of nitrogens with two attached hydrogens (primary N) is 1. The monoisotopic (exact) mass is 249 g/mol. The van der Waals surface area contributed by atoms with Crippen LogP contribution in [0.1, 0.15) is 33.6 Å². The third-order valence-electron chi connectivity index (χ3n) is 2.67. The second kappa shape index (κ2) is 5.00. The van der Waals surface area contributed by atoms with E-state index in [2.05, 4.69) is 11.6 Å². The zero-order chi connectivity index (χ0) is 12.4. The van der Waals surface area contributed by atoms with E-state index >= 15 is 0 Å². The lowest BCUT2D eigenvalue weighted by Crippen LogP contribution is -2.51. The molecule has 0 aromatic heterocycles. The van der Waals surface area contributed by atoms with E-state index in [1.807, 2.05) is 0 Å². The van der Waals surface area contributed by atoms with Crippen LogP contribution in [-0.4, -0.2) is 37.9 Å². The first-order valence-corrected chi connectivity index (χ1v) is 7.18. The molecule has 1 heterocycles. The predicted molar refractivity (Wildman–Crippen MR) is 65.2 cm³/mol. The van der Waals surface area contributed by atoms with Crippen molar-refractivity contribution in [1.82, 2.24) is 9.03 Å². The van der Waals surface area contributed by atoms with Gasteiger partial charge in [0.2, 0.25) is 0 Å². The van der Waals surface area contributed by atoms with Crippen LogP contribution in [0.5, 0.6) is 0 Å². The molecule has 0 aromatic rings. The maximum Gasteiger partial charge on any atom is 0.279 e. The molecule has 0 saturated carbocycles. The van der Waals surface area contributed by atoms with Crippen LogP contribution in [0.15, 0.2) is 0 Å². The topological polar surface area (TPSA) is 75.4 Å². The van der Waals surface area contributed by atoms with Crippen molar-refractivity contribution in [2.75, 3.05) is 19.6 Å².